The lowest BCUT2D eigenvalue weighted by molar-refractivity contribution is 0.0474. The molecule has 1 aromatic rings. The molecule has 0 aromatic carbocycles. The second kappa shape index (κ2) is 6.04. The maximum absolute atomic E-state index is 6.41. The Morgan fingerprint density at radius 3 is 2.40 bits per heavy atom. The van der Waals surface area contributed by atoms with Gasteiger partial charge in [-0.2, -0.15) is 5.10 Å². The van der Waals surface area contributed by atoms with Gasteiger partial charge in [-0.3, -0.25) is 4.68 Å². The fourth-order valence-corrected chi connectivity index (χ4v) is 3.68. The average Bonchev–Trinajstić information content (AvgIpc) is 2.86. The molecule has 5 heteroatoms. The third kappa shape index (κ3) is 2.61. The van der Waals surface area contributed by atoms with Gasteiger partial charge in [0.2, 0.25) is 0 Å². The lowest BCUT2D eigenvalue weighted by atomic mass is 9.82. The highest BCUT2D eigenvalue weighted by Crippen LogP contribution is 2.42. The van der Waals surface area contributed by atoms with Gasteiger partial charge >= 0.3 is 0 Å². The normalized spacial score (nSPS) is 32.0. The molecule has 4 nitrogen and oxygen atoms in total. The molecule has 2 heterocycles. The fraction of sp³-hybridized carbons (Fsp3) is 0.800. The summed E-state index contributed by atoms with van der Waals surface area (Å²) in [5, 5.41) is 8.60. The molecule has 20 heavy (non-hydrogen) atoms. The minimum Gasteiger partial charge on any atom is -0.375 e. The van der Waals surface area contributed by atoms with E-state index in [2.05, 4.69) is 45.0 Å². The molecule has 0 radical (unpaired) electrons. The number of ether oxygens (including phenoxy) is 1. The van der Waals surface area contributed by atoms with Crippen molar-refractivity contribution in [1.82, 2.24) is 15.1 Å². The van der Waals surface area contributed by atoms with Gasteiger partial charge in [-0.15, -0.1) is 0 Å². The number of aromatic nitrogens is 2. The van der Waals surface area contributed by atoms with Gasteiger partial charge < -0.3 is 10.1 Å². The van der Waals surface area contributed by atoms with Gasteiger partial charge in [-0.1, -0.05) is 18.5 Å². The molecule has 1 aliphatic heterocycles. The van der Waals surface area contributed by atoms with Crippen molar-refractivity contribution in [2.75, 3.05) is 7.05 Å². The van der Waals surface area contributed by atoms with Crippen molar-refractivity contribution >= 4 is 11.6 Å². The largest absolute Gasteiger partial charge is 0.375 e. The first-order valence-corrected chi connectivity index (χ1v) is 7.81. The molecule has 2 rings (SSSR count). The first-order valence-electron chi connectivity index (χ1n) is 7.44. The van der Waals surface area contributed by atoms with Gasteiger partial charge in [0.05, 0.1) is 35.2 Å². The van der Waals surface area contributed by atoms with Crippen LogP contribution < -0.4 is 5.32 Å². The van der Waals surface area contributed by atoms with Crippen molar-refractivity contribution in [3.05, 3.63) is 16.9 Å². The van der Waals surface area contributed by atoms with Crippen molar-refractivity contribution in [2.45, 2.75) is 58.9 Å². The summed E-state index contributed by atoms with van der Waals surface area (Å²) in [6.45, 7) is 10.8. The Hall–Kier alpha value is -0.580. The number of halogens is 1. The SMILES string of the molecule is CNC(c1c(Cl)cnn1C(C)C)C1C(C)OC(C)C1C. The van der Waals surface area contributed by atoms with Crippen LogP contribution in [0.1, 0.15) is 52.4 Å². The Morgan fingerprint density at radius 2 is 1.95 bits per heavy atom. The highest BCUT2D eigenvalue weighted by atomic mass is 35.5. The second-order valence-corrected chi connectivity index (χ2v) is 6.57. The van der Waals surface area contributed by atoms with E-state index in [0.717, 1.165) is 10.7 Å². The van der Waals surface area contributed by atoms with Gasteiger partial charge in [0.15, 0.2) is 0 Å². The molecule has 1 N–H and O–H groups in total. The molecule has 1 saturated heterocycles. The molecule has 0 aliphatic carbocycles. The summed E-state index contributed by atoms with van der Waals surface area (Å²) in [5.41, 5.74) is 1.07. The number of rotatable bonds is 4. The molecular formula is C15H26ClN3O. The third-order valence-electron chi connectivity index (χ3n) is 4.59. The summed E-state index contributed by atoms with van der Waals surface area (Å²) in [5.74, 6) is 0.871. The van der Waals surface area contributed by atoms with Crippen molar-refractivity contribution in [3.8, 4) is 0 Å². The number of nitrogens with zero attached hydrogens (tertiary/aromatic N) is 2. The fourth-order valence-electron chi connectivity index (χ4n) is 3.43. The van der Waals surface area contributed by atoms with E-state index >= 15 is 0 Å². The Bertz CT molecular complexity index is 460. The molecule has 0 spiro atoms. The van der Waals surface area contributed by atoms with Crippen LogP contribution in [-0.4, -0.2) is 29.0 Å². The molecule has 114 valence electrons. The number of nitrogens with one attached hydrogen (secondary N) is 1. The molecule has 1 aromatic heterocycles. The second-order valence-electron chi connectivity index (χ2n) is 6.17. The van der Waals surface area contributed by atoms with Gasteiger partial charge in [0.1, 0.15) is 0 Å². The van der Waals surface area contributed by atoms with Gasteiger partial charge in [0.25, 0.3) is 0 Å². The summed E-state index contributed by atoms with van der Waals surface area (Å²) >= 11 is 6.41. The molecule has 5 atom stereocenters. The van der Waals surface area contributed by atoms with Crippen LogP contribution in [0.3, 0.4) is 0 Å². The van der Waals surface area contributed by atoms with E-state index < -0.39 is 0 Å². The zero-order valence-corrected chi connectivity index (χ0v) is 14.0. The lowest BCUT2D eigenvalue weighted by Gasteiger charge is -2.30. The molecule has 0 saturated carbocycles. The minimum absolute atomic E-state index is 0.155. The van der Waals surface area contributed by atoms with Crippen LogP contribution >= 0.6 is 11.6 Å². The highest BCUT2D eigenvalue weighted by molar-refractivity contribution is 6.31. The summed E-state index contributed by atoms with van der Waals surface area (Å²) in [7, 11) is 1.99. The van der Waals surface area contributed by atoms with Gasteiger partial charge in [-0.05, 0) is 40.7 Å². The molecule has 1 fully saturated rings. The maximum atomic E-state index is 6.41. The topological polar surface area (TPSA) is 39.1 Å². The van der Waals surface area contributed by atoms with E-state index in [0.29, 0.717) is 17.9 Å². The Labute approximate surface area is 126 Å². The maximum Gasteiger partial charge on any atom is 0.0834 e. The van der Waals surface area contributed by atoms with Crippen LogP contribution in [0.4, 0.5) is 0 Å². The van der Waals surface area contributed by atoms with Gasteiger partial charge in [-0.25, -0.2) is 0 Å². The van der Waals surface area contributed by atoms with E-state index in [1.54, 1.807) is 6.20 Å². The summed E-state index contributed by atoms with van der Waals surface area (Å²) in [4.78, 5) is 0. The zero-order valence-electron chi connectivity index (χ0n) is 13.2. The van der Waals surface area contributed by atoms with Crippen LogP contribution in [0.5, 0.6) is 0 Å². The number of hydrogen-bond acceptors (Lipinski definition) is 3. The molecule has 0 bridgehead atoms. The third-order valence-corrected chi connectivity index (χ3v) is 4.88. The molecular weight excluding hydrogens is 274 g/mol. The first kappa shape index (κ1) is 15.8. The van der Waals surface area contributed by atoms with Crippen LogP contribution in [0, 0.1) is 11.8 Å². The Morgan fingerprint density at radius 1 is 1.30 bits per heavy atom. The van der Waals surface area contributed by atoms with E-state index in [1.165, 1.54) is 0 Å². The quantitative estimate of drug-likeness (QED) is 0.926. The molecule has 1 aliphatic rings. The number of hydrogen-bond donors (Lipinski definition) is 1. The van der Waals surface area contributed by atoms with E-state index in [4.69, 9.17) is 16.3 Å². The van der Waals surface area contributed by atoms with E-state index in [1.807, 2.05) is 11.7 Å². The van der Waals surface area contributed by atoms with Crippen LogP contribution in [0.25, 0.3) is 0 Å². The zero-order chi connectivity index (χ0) is 15.0. The van der Waals surface area contributed by atoms with E-state index in [9.17, 15) is 0 Å². The molecule has 5 unspecified atom stereocenters. The molecule has 0 amide bonds. The lowest BCUT2D eigenvalue weighted by Crippen LogP contribution is -2.35. The first-order chi connectivity index (χ1) is 9.38. The van der Waals surface area contributed by atoms with Gasteiger partial charge in [0, 0.05) is 12.0 Å². The summed E-state index contributed by atoms with van der Waals surface area (Å²) in [6, 6.07) is 0.445. The van der Waals surface area contributed by atoms with Crippen LogP contribution in [0.15, 0.2) is 6.20 Å². The predicted molar refractivity (Wildman–Crippen MR) is 82.1 cm³/mol. The predicted octanol–water partition coefficient (Wildman–Crippen LogP) is 3.44. The smallest absolute Gasteiger partial charge is 0.0834 e. The summed E-state index contributed by atoms with van der Waals surface area (Å²) < 4.78 is 8.01. The van der Waals surface area contributed by atoms with Crippen molar-refractivity contribution < 1.29 is 4.74 Å². The van der Waals surface area contributed by atoms with Crippen molar-refractivity contribution in [3.63, 3.8) is 0 Å². The highest BCUT2D eigenvalue weighted by Gasteiger charge is 2.43. The Balaban J connectivity index is 2.40. The van der Waals surface area contributed by atoms with Crippen molar-refractivity contribution in [2.24, 2.45) is 11.8 Å². The van der Waals surface area contributed by atoms with Crippen molar-refractivity contribution in [1.29, 1.82) is 0 Å². The van der Waals surface area contributed by atoms with Crippen LogP contribution in [0.2, 0.25) is 5.02 Å². The standard InChI is InChI=1S/C15H26ClN3O/c1-8(2)19-15(12(16)7-18-19)14(17-6)13-9(3)10(4)20-11(13)5/h7-11,13-14,17H,1-6H3. The average molecular weight is 300 g/mol. The summed E-state index contributed by atoms with van der Waals surface area (Å²) in [6.07, 6.45) is 2.24. The minimum atomic E-state index is 0.155. The van der Waals surface area contributed by atoms with Crippen LogP contribution in [-0.2, 0) is 4.74 Å². The monoisotopic (exact) mass is 299 g/mol. The Kier molecular flexibility index (Phi) is 4.77. The van der Waals surface area contributed by atoms with E-state index in [-0.39, 0.29) is 18.2 Å².